The van der Waals surface area contributed by atoms with Gasteiger partial charge in [-0.1, -0.05) is 20.3 Å². The molecule has 1 aliphatic carbocycles. The Labute approximate surface area is 105 Å². The second kappa shape index (κ2) is 6.39. The monoisotopic (exact) mass is 241 g/mol. The highest BCUT2D eigenvalue weighted by molar-refractivity contribution is 5.81. The van der Waals surface area contributed by atoms with E-state index < -0.39 is 5.54 Å². The molecule has 1 N–H and O–H groups in total. The van der Waals surface area contributed by atoms with Gasteiger partial charge in [-0.2, -0.15) is 0 Å². The SMILES string of the molecule is CCC1CCC(NC(C)CC)(C(=O)OC)CC1. The average molecular weight is 241 g/mol. The summed E-state index contributed by atoms with van der Waals surface area (Å²) in [6, 6.07) is 0.368. The molecule has 0 bridgehead atoms. The van der Waals surface area contributed by atoms with Crippen molar-refractivity contribution in [1.29, 1.82) is 0 Å². The average Bonchev–Trinajstić information content (AvgIpc) is 2.38. The first kappa shape index (κ1) is 14.5. The minimum Gasteiger partial charge on any atom is -0.468 e. The summed E-state index contributed by atoms with van der Waals surface area (Å²) in [5, 5.41) is 3.50. The lowest BCUT2D eigenvalue weighted by Gasteiger charge is -2.40. The number of hydrogen-bond donors (Lipinski definition) is 1. The Morgan fingerprint density at radius 3 is 2.41 bits per heavy atom. The second-order valence-electron chi connectivity index (χ2n) is 5.38. The van der Waals surface area contributed by atoms with E-state index in [1.165, 1.54) is 13.5 Å². The Kier molecular flexibility index (Phi) is 5.44. The molecule has 1 aliphatic rings. The molecule has 0 aromatic rings. The number of ether oxygens (including phenoxy) is 1. The molecule has 1 unspecified atom stereocenters. The van der Waals surface area contributed by atoms with E-state index in [0.717, 1.165) is 38.0 Å². The van der Waals surface area contributed by atoms with E-state index in [1.54, 1.807) is 0 Å². The Morgan fingerprint density at radius 1 is 1.41 bits per heavy atom. The van der Waals surface area contributed by atoms with Crippen LogP contribution in [0.3, 0.4) is 0 Å². The van der Waals surface area contributed by atoms with Crippen LogP contribution in [0.4, 0.5) is 0 Å². The van der Waals surface area contributed by atoms with E-state index in [9.17, 15) is 4.79 Å². The second-order valence-corrected chi connectivity index (χ2v) is 5.38. The van der Waals surface area contributed by atoms with Crippen molar-refractivity contribution in [3.05, 3.63) is 0 Å². The molecule has 0 heterocycles. The first-order valence-corrected chi connectivity index (χ1v) is 6.94. The van der Waals surface area contributed by atoms with Gasteiger partial charge in [-0.3, -0.25) is 10.1 Å². The van der Waals surface area contributed by atoms with Crippen molar-refractivity contribution in [2.24, 2.45) is 5.92 Å². The standard InChI is InChI=1S/C14H27NO2/c1-5-11(3)15-14(13(16)17-4)9-7-12(6-2)8-10-14/h11-12,15H,5-10H2,1-4H3. The lowest BCUT2D eigenvalue weighted by molar-refractivity contribution is -0.151. The minimum absolute atomic E-state index is 0.0765. The topological polar surface area (TPSA) is 38.3 Å². The fraction of sp³-hybridized carbons (Fsp3) is 0.929. The molecule has 17 heavy (non-hydrogen) atoms. The first-order valence-electron chi connectivity index (χ1n) is 6.94. The lowest BCUT2D eigenvalue weighted by atomic mass is 9.75. The Balaban J connectivity index is 2.71. The van der Waals surface area contributed by atoms with Crippen molar-refractivity contribution in [3.63, 3.8) is 0 Å². The zero-order valence-electron chi connectivity index (χ0n) is 11.7. The van der Waals surface area contributed by atoms with Crippen LogP contribution in [0.5, 0.6) is 0 Å². The van der Waals surface area contributed by atoms with Gasteiger partial charge < -0.3 is 4.74 Å². The predicted octanol–water partition coefficient (Wildman–Crippen LogP) is 2.89. The third-order valence-electron chi connectivity index (χ3n) is 4.25. The molecule has 0 aliphatic heterocycles. The Morgan fingerprint density at radius 2 is 2.00 bits per heavy atom. The van der Waals surface area contributed by atoms with E-state index >= 15 is 0 Å². The van der Waals surface area contributed by atoms with Gasteiger partial charge in [-0.15, -0.1) is 0 Å². The molecule has 1 atom stereocenters. The summed E-state index contributed by atoms with van der Waals surface area (Å²) in [5.41, 5.74) is -0.421. The third-order valence-corrected chi connectivity index (χ3v) is 4.25. The van der Waals surface area contributed by atoms with Gasteiger partial charge in [0.2, 0.25) is 0 Å². The molecule has 0 radical (unpaired) electrons. The molecule has 3 nitrogen and oxygen atoms in total. The van der Waals surface area contributed by atoms with Gasteiger partial charge in [-0.25, -0.2) is 0 Å². The van der Waals surface area contributed by atoms with Crippen molar-refractivity contribution in [2.75, 3.05) is 7.11 Å². The van der Waals surface area contributed by atoms with Crippen LogP contribution >= 0.6 is 0 Å². The third kappa shape index (κ3) is 3.44. The fourth-order valence-electron chi connectivity index (χ4n) is 2.76. The normalized spacial score (nSPS) is 30.9. The molecule has 0 saturated heterocycles. The van der Waals surface area contributed by atoms with Crippen molar-refractivity contribution in [3.8, 4) is 0 Å². The van der Waals surface area contributed by atoms with Gasteiger partial charge in [0.15, 0.2) is 0 Å². The van der Waals surface area contributed by atoms with E-state index in [1.807, 2.05) is 0 Å². The zero-order chi connectivity index (χ0) is 12.9. The van der Waals surface area contributed by atoms with Crippen molar-refractivity contribution >= 4 is 5.97 Å². The van der Waals surface area contributed by atoms with Gasteiger partial charge in [0, 0.05) is 6.04 Å². The van der Waals surface area contributed by atoms with E-state index in [0.29, 0.717) is 6.04 Å². The fourth-order valence-corrected chi connectivity index (χ4v) is 2.76. The van der Waals surface area contributed by atoms with Crippen LogP contribution in [0, 0.1) is 5.92 Å². The van der Waals surface area contributed by atoms with Crippen LogP contribution in [0.2, 0.25) is 0 Å². The quantitative estimate of drug-likeness (QED) is 0.752. The van der Waals surface area contributed by atoms with Gasteiger partial charge in [0.1, 0.15) is 5.54 Å². The molecule has 1 fully saturated rings. The highest BCUT2D eigenvalue weighted by Gasteiger charge is 2.42. The predicted molar refractivity (Wildman–Crippen MR) is 69.9 cm³/mol. The van der Waals surface area contributed by atoms with Crippen LogP contribution in [0.1, 0.15) is 59.3 Å². The zero-order valence-corrected chi connectivity index (χ0v) is 11.7. The highest BCUT2D eigenvalue weighted by atomic mass is 16.5. The summed E-state index contributed by atoms with van der Waals surface area (Å²) in [6.45, 7) is 6.51. The van der Waals surface area contributed by atoms with Crippen LogP contribution < -0.4 is 5.32 Å². The summed E-state index contributed by atoms with van der Waals surface area (Å²) in [5.74, 6) is 0.707. The number of rotatable bonds is 5. The molecular formula is C14H27NO2. The van der Waals surface area contributed by atoms with E-state index in [-0.39, 0.29) is 5.97 Å². The number of nitrogens with one attached hydrogen (secondary N) is 1. The number of hydrogen-bond acceptors (Lipinski definition) is 3. The molecule has 0 aromatic carbocycles. The van der Waals surface area contributed by atoms with Gasteiger partial charge in [-0.05, 0) is 44.9 Å². The molecule has 1 saturated carbocycles. The molecule has 0 aromatic heterocycles. The van der Waals surface area contributed by atoms with Crippen molar-refractivity contribution in [1.82, 2.24) is 5.32 Å². The molecule has 0 spiro atoms. The van der Waals surface area contributed by atoms with E-state index in [4.69, 9.17) is 4.74 Å². The number of carbonyl (C=O) groups is 1. The minimum atomic E-state index is -0.421. The first-order chi connectivity index (χ1) is 8.07. The van der Waals surface area contributed by atoms with Gasteiger partial charge >= 0.3 is 5.97 Å². The van der Waals surface area contributed by atoms with Crippen LogP contribution in [0.15, 0.2) is 0 Å². The maximum atomic E-state index is 12.1. The summed E-state index contributed by atoms with van der Waals surface area (Å²) in [4.78, 5) is 12.1. The molecular weight excluding hydrogens is 214 g/mol. The maximum Gasteiger partial charge on any atom is 0.326 e. The molecule has 1 rings (SSSR count). The smallest absolute Gasteiger partial charge is 0.326 e. The Bertz CT molecular complexity index is 245. The molecule has 0 amide bonds. The summed E-state index contributed by atoms with van der Waals surface area (Å²) < 4.78 is 5.01. The molecule has 100 valence electrons. The van der Waals surface area contributed by atoms with Crippen LogP contribution in [-0.4, -0.2) is 24.7 Å². The lowest BCUT2D eigenvalue weighted by Crippen LogP contribution is -2.57. The van der Waals surface area contributed by atoms with Crippen molar-refractivity contribution in [2.45, 2.75) is 70.9 Å². The number of methoxy groups -OCH3 is 1. The summed E-state index contributed by atoms with van der Waals surface area (Å²) in [7, 11) is 1.49. The van der Waals surface area contributed by atoms with Crippen LogP contribution in [-0.2, 0) is 9.53 Å². The summed E-state index contributed by atoms with van der Waals surface area (Å²) in [6.07, 6.45) is 6.37. The summed E-state index contributed by atoms with van der Waals surface area (Å²) >= 11 is 0. The Hall–Kier alpha value is -0.570. The maximum absolute atomic E-state index is 12.1. The van der Waals surface area contributed by atoms with Crippen LogP contribution in [0.25, 0.3) is 0 Å². The van der Waals surface area contributed by atoms with Gasteiger partial charge in [0.05, 0.1) is 7.11 Å². The van der Waals surface area contributed by atoms with Crippen molar-refractivity contribution < 1.29 is 9.53 Å². The number of esters is 1. The van der Waals surface area contributed by atoms with Gasteiger partial charge in [0.25, 0.3) is 0 Å². The highest BCUT2D eigenvalue weighted by Crippen LogP contribution is 2.35. The number of carbonyl (C=O) groups excluding carboxylic acids is 1. The largest absolute Gasteiger partial charge is 0.468 e. The van der Waals surface area contributed by atoms with E-state index in [2.05, 4.69) is 26.1 Å². The molecule has 3 heteroatoms.